The molecule has 1 aromatic rings. The lowest BCUT2D eigenvalue weighted by molar-refractivity contribution is 0.0577. The lowest BCUT2D eigenvalue weighted by Gasteiger charge is -2.31. The summed E-state index contributed by atoms with van der Waals surface area (Å²) in [6.45, 7) is 24.6. The van der Waals surface area contributed by atoms with Crippen LogP contribution >= 0.6 is 0 Å². The second-order valence-electron chi connectivity index (χ2n) is 7.54. The zero-order valence-corrected chi connectivity index (χ0v) is 22.0. The zero-order chi connectivity index (χ0) is 25.5. The summed E-state index contributed by atoms with van der Waals surface area (Å²) in [5.41, 5.74) is 1.33. The maximum atomic E-state index is 10.1. The Hall–Kier alpha value is -2.65. The van der Waals surface area contributed by atoms with Gasteiger partial charge in [-0.1, -0.05) is 59.9 Å². The van der Waals surface area contributed by atoms with E-state index < -0.39 is 5.60 Å². The molecule has 0 bridgehead atoms. The molecule has 0 aliphatic rings. The molecular formula is C26H45N5O. The van der Waals surface area contributed by atoms with E-state index in [4.69, 9.17) is 0 Å². The van der Waals surface area contributed by atoms with Crippen molar-refractivity contribution in [1.29, 1.82) is 5.26 Å². The van der Waals surface area contributed by atoms with Gasteiger partial charge in [0.25, 0.3) is 0 Å². The van der Waals surface area contributed by atoms with Gasteiger partial charge in [-0.2, -0.15) is 10.4 Å². The van der Waals surface area contributed by atoms with Crippen LogP contribution in [-0.4, -0.2) is 51.9 Å². The molecule has 6 heteroatoms. The van der Waals surface area contributed by atoms with E-state index in [0.717, 1.165) is 23.5 Å². The minimum absolute atomic E-state index is 0.0222. The maximum Gasteiger partial charge on any atom is 0.102 e. The summed E-state index contributed by atoms with van der Waals surface area (Å²) in [4.78, 5) is 6.61. The molecule has 1 N–H and O–H groups in total. The van der Waals surface area contributed by atoms with Crippen LogP contribution in [0.5, 0.6) is 0 Å². The summed E-state index contributed by atoms with van der Waals surface area (Å²) in [7, 11) is 3.78. The highest BCUT2D eigenvalue weighted by Gasteiger charge is 2.30. The average molecular weight is 444 g/mol. The number of allylic oxidation sites excluding steroid dienone is 4. The fourth-order valence-electron chi connectivity index (χ4n) is 3.43. The third kappa shape index (κ3) is 9.23. The zero-order valence-electron chi connectivity index (χ0n) is 22.0. The van der Waals surface area contributed by atoms with Crippen LogP contribution in [-0.2, 0) is 6.54 Å². The number of hydrogen-bond donors (Lipinski definition) is 1. The lowest BCUT2D eigenvalue weighted by Crippen LogP contribution is -2.35. The maximum absolute atomic E-state index is 10.1. The first-order chi connectivity index (χ1) is 15.1. The van der Waals surface area contributed by atoms with Gasteiger partial charge in [0.05, 0.1) is 30.0 Å². The summed E-state index contributed by atoms with van der Waals surface area (Å²) in [5.74, 6) is 0.739. The molecule has 0 aromatic carbocycles. The van der Waals surface area contributed by atoms with Gasteiger partial charge in [0.2, 0.25) is 0 Å². The minimum Gasteiger partial charge on any atom is -0.389 e. The first-order valence-electron chi connectivity index (χ1n) is 11.4. The van der Waals surface area contributed by atoms with Crippen molar-refractivity contribution < 1.29 is 5.11 Å². The Kier molecular flexibility index (Phi) is 15.8. The van der Waals surface area contributed by atoms with Crippen LogP contribution in [0.1, 0.15) is 66.9 Å². The van der Waals surface area contributed by atoms with Gasteiger partial charge in [0.1, 0.15) is 5.84 Å². The van der Waals surface area contributed by atoms with Crippen LogP contribution in [0.3, 0.4) is 0 Å². The molecule has 2 unspecified atom stereocenters. The Morgan fingerprint density at radius 1 is 1.31 bits per heavy atom. The van der Waals surface area contributed by atoms with Crippen molar-refractivity contribution in [2.75, 3.05) is 20.6 Å². The number of rotatable bonds is 9. The van der Waals surface area contributed by atoms with Gasteiger partial charge in [-0.3, -0.25) is 9.67 Å². The molecule has 1 aromatic heterocycles. The van der Waals surface area contributed by atoms with Crippen LogP contribution in [0.15, 0.2) is 53.8 Å². The summed E-state index contributed by atoms with van der Waals surface area (Å²) >= 11 is 0. The third-order valence-corrected chi connectivity index (χ3v) is 4.75. The second-order valence-corrected chi connectivity index (χ2v) is 7.54. The predicted octanol–water partition coefficient (Wildman–Crippen LogP) is 5.60. The normalized spacial score (nSPS) is 13.8. The van der Waals surface area contributed by atoms with Crippen LogP contribution in [0, 0.1) is 17.2 Å². The quantitative estimate of drug-likeness (QED) is 0.233. The lowest BCUT2D eigenvalue weighted by atomic mass is 9.79. The molecule has 0 spiro atoms. The number of aliphatic imine (C=N–C) groups is 1. The molecule has 0 aliphatic heterocycles. The van der Waals surface area contributed by atoms with Gasteiger partial charge in [-0.05, 0) is 31.9 Å². The molecule has 2 atom stereocenters. The van der Waals surface area contributed by atoms with Gasteiger partial charge in [0, 0.05) is 38.7 Å². The van der Waals surface area contributed by atoms with Crippen LogP contribution in [0.2, 0.25) is 0 Å². The Bertz CT molecular complexity index is 790. The Labute approximate surface area is 196 Å². The van der Waals surface area contributed by atoms with Gasteiger partial charge in [-0.15, -0.1) is 0 Å². The molecule has 1 heterocycles. The summed E-state index contributed by atoms with van der Waals surface area (Å²) < 4.78 is 1.72. The molecule has 0 aliphatic carbocycles. The molecule has 0 fully saturated rings. The first kappa shape index (κ1) is 31.5. The molecule has 0 saturated heterocycles. The fraction of sp³-hybridized carbons (Fsp3) is 0.577. The van der Waals surface area contributed by atoms with Crippen molar-refractivity contribution >= 4 is 5.84 Å². The third-order valence-electron chi connectivity index (χ3n) is 4.75. The van der Waals surface area contributed by atoms with E-state index in [1.807, 2.05) is 40.9 Å². The second kappa shape index (κ2) is 16.0. The Balaban J connectivity index is 0. The molecule has 1 rings (SSSR count). The summed E-state index contributed by atoms with van der Waals surface area (Å²) in [6, 6.07) is 2.22. The van der Waals surface area contributed by atoms with Gasteiger partial charge in [0.15, 0.2) is 0 Å². The number of aliphatic hydroxyl groups is 1. The highest BCUT2D eigenvalue weighted by Crippen LogP contribution is 2.36. The van der Waals surface area contributed by atoms with Crippen molar-refractivity contribution in [2.45, 2.75) is 73.5 Å². The van der Waals surface area contributed by atoms with E-state index in [1.54, 1.807) is 43.9 Å². The van der Waals surface area contributed by atoms with E-state index in [0.29, 0.717) is 12.1 Å². The molecule has 0 saturated carbocycles. The number of aromatic nitrogens is 2. The number of nitrogens with zero attached hydrogens (tertiary/aromatic N) is 5. The fourth-order valence-corrected chi connectivity index (χ4v) is 3.43. The summed E-state index contributed by atoms with van der Waals surface area (Å²) in [5, 5.41) is 24.1. The van der Waals surface area contributed by atoms with Gasteiger partial charge < -0.3 is 10.0 Å². The Morgan fingerprint density at radius 3 is 2.25 bits per heavy atom. The molecule has 6 nitrogen and oxygen atoms in total. The Morgan fingerprint density at radius 2 is 1.88 bits per heavy atom. The minimum atomic E-state index is -0.876. The monoisotopic (exact) mass is 443 g/mol. The molecule has 180 valence electrons. The largest absolute Gasteiger partial charge is 0.389 e. The van der Waals surface area contributed by atoms with Gasteiger partial charge >= 0.3 is 0 Å². The van der Waals surface area contributed by atoms with E-state index >= 15 is 0 Å². The SMILES string of the molecule is C=C/C(C#N)=C(\C=C)C(c1cnn(CC(C)(C)O)c1)C(C)C(=NC)N(C)CC.CC.CC. The van der Waals surface area contributed by atoms with Gasteiger partial charge in [-0.25, -0.2) is 0 Å². The molecule has 32 heavy (non-hydrogen) atoms. The smallest absolute Gasteiger partial charge is 0.102 e. The number of nitriles is 1. The molecule has 0 radical (unpaired) electrons. The standard InChI is InChI=1S/C22H33N5O.2C2H6/c1-9-17(12-23)19(10-2)20(16(4)21(24-7)26(8)11-3)18-13-25-27(14-18)15-22(5,6)28;2*1-2/h9-10,13-14,16,20,28H,1-2,11,15H2,3-8H3;2*1-2H3/b19-17-,24-21?;;. The predicted molar refractivity (Wildman–Crippen MR) is 138 cm³/mol. The average Bonchev–Trinajstić information content (AvgIpc) is 3.22. The van der Waals surface area contributed by atoms with Crippen molar-refractivity contribution in [1.82, 2.24) is 14.7 Å². The topological polar surface area (TPSA) is 77.4 Å². The molecule has 0 amide bonds. The molecular weight excluding hydrogens is 398 g/mol. The van der Waals surface area contributed by atoms with Crippen LogP contribution < -0.4 is 0 Å². The van der Waals surface area contributed by atoms with E-state index in [2.05, 4.69) is 48.1 Å². The van der Waals surface area contributed by atoms with Crippen molar-refractivity contribution in [2.24, 2.45) is 10.9 Å². The van der Waals surface area contributed by atoms with E-state index in [1.165, 1.54) is 0 Å². The first-order valence-corrected chi connectivity index (χ1v) is 11.4. The van der Waals surface area contributed by atoms with Crippen molar-refractivity contribution in [3.63, 3.8) is 0 Å². The van der Waals surface area contributed by atoms with Crippen LogP contribution in [0.4, 0.5) is 0 Å². The highest BCUT2D eigenvalue weighted by molar-refractivity contribution is 5.85. The van der Waals surface area contributed by atoms with Crippen LogP contribution in [0.25, 0.3) is 0 Å². The summed E-state index contributed by atoms with van der Waals surface area (Å²) in [6.07, 6.45) is 6.98. The number of amidine groups is 1. The van der Waals surface area contributed by atoms with Crippen molar-refractivity contribution in [3.05, 3.63) is 54.4 Å². The highest BCUT2D eigenvalue weighted by atomic mass is 16.3. The van der Waals surface area contributed by atoms with E-state index in [-0.39, 0.29) is 11.8 Å². The van der Waals surface area contributed by atoms with E-state index in [9.17, 15) is 10.4 Å². The number of hydrogen-bond acceptors (Lipinski definition) is 4. The van der Waals surface area contributed by atoms with Crippen molar-refractivity contribution in [3.8, 4) is 6.07 Å².